The van der Waals surface area contributed by atoms with E-state index in [0.717, 1.165) is 15.9 Å². The van der Waals surface area contributed by atoms with Gasteiger partial charge in [-0.05, 0) is 42.8 Å². The van der Waals surface area contributed by atoms with Crippen LogP contribution in [0.4, 0.5) is 11.4 Å². The van der Waals surface area contributed by atoms with Crippen molar-refractivity contribution in [3.63, 3.8) is 0 Å². The topological polar surface area (TPSA) is 90.1 Å². The highest BCUT2D eigenvalue weighted by molar-refractivity contribution is 9.10. The molecule has 0 aliphatic rings. The number of rotatable bonds is 4. The van der Waals surface area contributed by atoms with E-state index >= 15 is 0 Å². The molecule has 1 N–H and O–H groups in total. The number of anilines is 1. The van der Waals surface area contributed by atoms with Crippen molar-refractivity contribution in [3.8, 4) is 0 Å². The highest BCUT2D eigenvalue weighted by Gasteiger charge is 2.22. The standard InChI is InChI=1S/C14H15BrN4O3/c1-8-13(15)9(2)18(17-8)10(3)14(20)16-11-6-4-5-7-12(11)19(21)22/h4-7,10H,1-3H3,(H,16,20). The lowest BCUT2D eigenvalue weighted by Crippen LogP contribution is -2.25. The SMILES string of the molecule is Cc1nn(C(C)C(=O)Nc2ccccc2[N+](=O)[O-])c(C)c1Br. The zero-order valence-electron chi connectivity index (χ0n) is 12.3. The third-order valence-electron chi connectivity index (χ3n) is 3.34. The molecule has 22 heavy (non-hydrogen) atoms. The molecule has 0 saturated carbocycles. The van der Waals surface area contributed by atoms with E-state index in [1.807, 2.05) is 13.8 Å². The van der Waals surface area contributed by atoms with Crippen LogP contribution in [0, 0.1) is 24.0 Å². The van der Waals surface area contributed by atoms with Crippen LogP contribution in [0.25, 0.3) is 0 Å². The first kappa shape index (κ1) is 16.2. The summed E-state index contributed by atoms with van der Waals surface area (Å²) in [7, 11) is 0. The molecule has 0 spiro atoms. The number of benzene rings is 1. The molecule has 0 radical (unpaired) electrons. The largest absolute Gasteiger partial charge is 0.319 e. The Morgan fingerprint density at radius 1 is 1.41 bits per heavy atom. The fourth-order valence-corrected chi connectivity index (χ4v) is 2.37. The number of hydrogen-bond acceptors (Lipinski definition) is 4. The zero-order valence-corrected chi connectivity index (χ0v) is 13.9. The van der Waals surface area contributed by atoms with Crippen LogP contribution in [0.15, 0.2) is 28.7 Å². The molecular weight excluding hydrogens is 352 g/mol. The number of halogens is 1. The smallest absolute Gasteiger partial charge is 0.292 e. The van der Waals surface area contributed by atoms with Crippen molar-refractivity contribution in [2.24, 2.45) is 0 Å². The summed E-state index contributed by atoms with van der Waals surface area (Å²) in [5.41, 5.74) is 1.63. The normalized spacial score (nSPS) is 12.0. The van der Waals surface area contributed by atoms with Gasteiger partial charge in [-0.1, -0.05) is 12.1 Å². The number of amides is 1. The van der Waals surface area contributed by atoms with Gasteiger partial charge >= 0.3 is 0 Å². The van der Waals surface area contributed by atoms with Crippen LogP contribution in [0.2, 0.25) is 0 Å². The van der Waals surface area contributed by atoms with Gasteiger partial charge in [-0.3, -0.25) is 19.6 Å². The van der Waals surface area contributed by atoms with Crippen molar-refractivity contribution >= 4 is 33.2 Å². The molecule has 7 nitrogen and oxygen atoms in total. The highest BCUT2D eigenvalue weighted by Crippen LogP contribution is 2.26. The number of nitro groups is 1. The molecular formula is C14H15BrN4O3. The van der Waals surface area contributed by atoms with Crippen LogP contribution >= 0.6 is 15.9 Å². The lowest BCUT2D eigenvalue weighted by atomic mass is 10.2. The second-order valence-corrected chi connectivity index (χ2v) is 5.66. The molecule has 8 heteroatoms. The third-order valence-corrected chi connectivity index (χ3v) is 4.49. The van der Waals surface area contributed by atoms with Gasteiger partial charge in [0, 0.05) is 6.07 Å². The lowest BCUT2D eigenvalue weighted by Gasteiger charge is -2.14. The summed E-state index contributed by atoms with van der Waals surface area (Å²) in [6, 6.07) is 5.44. The summed E-state index contributed by atoms with van der Waals surface area (Å²) in [5, 5.41) is 17.9. The minimum absolute atomic E-state index is 0.141. The molecule has 1 aromatic carbocycles. The Labute approximate surface area is 135 Å². The molecule has 2 rings (SSSR count). The molecule has 1 amide bonds. The van der Waals surface area contributed by atoms with Crippen molar-refractivity contribution < 1.29 is 9.72 Å². The Bertz CT molecular complexity index is 742. The van der Waals surface area contributed by atoms with Crippen molar-refractivity contribution in [2.75, 3.05) is 5.32 Å². The Morgan fingerprint density at radius 2 is 2.05 bits per heavy atom. The second-order valence-electron chi connectivity index (χ2n) is 4.87. The zero-order chi connectivity index (χ0) is 16.4. The minimum Gasteiger partial charge on any atom is -0.319 e. The quantitative estimate of drug-likeness (QED) is 0.663. The summed E-state index contributed by atoms with van der Waals surface area (Å²) in [6.45, 7) is 5.37. The number of aryl methyl sites for hydroxylation is 1. The van der Waals surface area contributed by atoms with Gasteiger partial charge in [-0.25, -0.2) is 0 Å². The van der Waals surface area contributed by atoms with Crippen LogP contribution in [0.3, 0.4) is 0 Å². The van der Waals surface area contributed by atoms with Crippen LogP contribution < -0.4 is 5.32 Å². The number of carbonyl (C=O) groups is 1. The molecule has 0 saturated heterocycles. The number of nitrogens with zero attached hydrogens (tertiary/aromatic N) is 3. The monoisotopic (exact) mass is 366 g/mol. The fraction of sp³-hybridized carbons (Fsp3) is 0.286. The number of hydrogen-bond donors (Lipinski definition) is 1. The molecule has 1 aromatic heterocycles. The van der Waals surface area contributed by atoms with Gasteiger partial charge in [0.25, 0.3) is 5.69 Å². The Morgan fingerprint density at radius 3 is 2.59 bits per heavy atom. The molecule has 0 bridgehead atoms. The summed E-state index contributed by atoms with van der Waals surface area (Å²) in [4.78, 5) is 22.8. The van der Waals surface area contributed by atoms with E-state index in [0.29, 0.717) is 0 Å². The van der Waals surface area contributed by atoms with Crippen molar-refractivity contribution in [1.29, 1.82) is 0 Å². The molecule has 2 aromatic rings. The van der Waals surface area contributed by atoms with E-state index in [-0.39, 0.29) is 17.3 Å². The number of nitro benzene ring substituents is 1. The number of para-hydroxylation sites is 2. The molecule has 0 fully saturated rings. The molecule has 0 aliphatic carbocycles. The number of aromatic nitrogens is 2. The molecule has 0 aliphatic heterocycles. The van der Waals surface area contributed by atoms with Gasteiger partial charge in [-0.2, -0.15) is 5.10 Å². The van der Waals surface area contributed by atoms with E-state index in [1.165, 1.54) is 12.1 Å². The van der Waals surface area contributed by atoms with Gasteiger partial charge < -0.3 is 5.32 Å². The van der Waals surface area contributed by atoms with Crippen molar-refractivity contribution in [1.82, 2.24) is 9.78 Å². The van der Waals surface area contributed by atoms with Gasteiger partial charge in [0.1, 0.15) is 11.7 Å². The first-order valence-electron chi connectivity index (χ1n) is 6.58. The predicted octanol–water partition coefficient (Wildman–Crippen LogP) is 3.37. The maximum atomic E-state index is 12.4. The summed E-state index contributed by atoms with van der Waals surface area (Å²) >= 11 is 3.41. The first-order valence-corrected chi connectivity index (χ1v) is 7.37. The van der Waals surface area contributed by atoms with Crippen LogP contribution in [0.1, 0.15) is 24.4 Å². The maximum Gasteiger partial charge on any atom is 0.292 e. The molecule has 116 valence electrons. The Balaban J connectivity index is 2.26. The van der Waals surface area contributed by atoms with Gasteiger partial charge in [0.05, 0.1) is 20.8 Å². The predicted molar refractivity (Wildman–Crippen MR) is 85.8 cm³/mol. The minimum atomic E-state index is -0.593. The first-order chi connectivity index (χ1) is 10.3. The van der Waals surface area contributed by atoms with Crippen molar-refractivity contribution in [2.45, 2.75) is 26.8 Å². The molecule has 1 atom stereocenters. The van der Waals surface area contributed by atoms with Crippen LogP contribution in [0.5, 0.6) is 0 Å². The van der Waals surface area contributed by atoms with Gasteiger partial charge in [-0.15, -0.1) is 0 Å². The van der Waals surface area contributed by atoms with E-state index in [9.17, 15) is 14.9 Å². The van der Waals surface area contributed by atoms with Gasteiger partial charge in [0.2, 0.25) is 5.91 Å². The van der Waals surface area contributed by atoms with Crippen LogP contribution in [-0.2, 0) is 4.79 Å². The number of carbonyl (C=O) groups excluding carboxylic acids is 1. The average molecular weight is 367 g/mol. The fourth-order valence-electron chi connectivity index (χ4n) is 2.11. The van der Waals surface area contributed by atoms with Crippen LogP contribution in [-0.4, -0.2) is 20.6 Å². The Hall–Kier alpha value is -2.22. The Kier molecular flexibility index (Phi) is 4.60. The highest BCUT2D eigenvalue weighted by atomic mass is 79.9. The van der Waals surface area contributed by atoms with E-state index in [4.69, 9.17) is 0 Å². The molecule has 1 unspecified atom stereocenters. The average Bonchev–Trinajstić information content (AvgIpc) is 2.74. The van der Waals surface area contributed by atoms with Gasteiger partial charge in [0.15, 0.2) is 0 Å². The maximum absolute atomic E-state index is 12.4. The third kappa shape index (κ3) is 3.01. The van der Waals surface area contributed by atoms with Crippen molar-refractivity contribution in [3.05, 3.63) is 50.2 Å². The molecule has 1 heterocycles. The van der Waals surface area contributed by atoms with E-state index in [2.05, 4.69) is 26.3 Å². The lowest BCUT2D eigenvalue weighted by molar-refractivity contribution is -0.383. The van der Waals surface area contributed by atoms with E-state index in [1.54, 1.807) is 23.7 Å². The summed E-state index contributed by atoms with van der Waals surface area (Å²) in [5.74, 6) is -0.368. The number of nitrogens with one attached hydrogen (secondary N) is 1. The summed E-state index contributed by atoms with van der Waals surface area (Å²) < 4.78 is 2.43. The summed E-state index contributed by atoms with van der Waals surface area (Å²) in [6.07, 6.45) is 0. The second kappa shape index (κ2) is 6.27. The van der Waals surface area contributed by atoms with E-state index < -0.39 is 11.0 Å².